The maximum Gasteiger partial charge on any atom is 0.228 e. The molecule has 1 unspecified atom stereocenters. The summed E-state index contributed by atoms with van der Waals surface area (Å²) in [6, 6.07) is 0. The van der Waals surface area contributed by atoms with E-state index in [4.69, 9.17) is 32.7 Å². The minimum absolute atomic E-state index is 0.0110. The van der Waals surface area contributed by atoms with Crippen LogP contribution in [0.25, 0.3) is 0 Å². The number of anilines is 1. The van der Waals surface area contributed by atoms with Gasteiger partial charge < -0.3 is 14.8 Å². The standard InChI is InChI=1S/C8H10Cl2N4O2/c9-6-12-7(10)14-8(13-6)11-3-5-4-15-1-2-16-5/h5H,1-4H2,(H,11,12,13,14). The van der Waals surface area contributed by atoms with E-state index in [1.807, 2.05) is 0 Å². The largest absolute Gasteiger partial charge is 0.376 e. The van der Waals surface area contributed by atoms with Crippen molar-refractivity contribution in [2.24, 2.45) is 0 Å². The third kappa shape index (κ3) is 3.41. The average molecular weight is 265 g/mol. The fourth-order valence-electron chi connectivity index (χ4n) is 1.26. The van der Waals surface area contributed by atoms with E-state index in [0.717, 1.165) is 0 Å². The van der Waals surface area contributed by atoms with Gasteiger partial charge in [0.25, 0.3) is 0 Å². The van der Waals surface area contributed by atoms with Gasteiger partial charge in [-0.25, -0.2) is 0 Å². The number of aromatic nitrogens is 3. The first-order valence-electron chi connectivity index (χ1n) is 4.74. The van der Waals surface area contributed by atoms with Gasteiger partial charge in [-0.3, -0.25) is 0 Å². The number of halogens is 2. The van der Waals surface area contributed by atoms with Gasteiger partial charge in [0.05, 0.1) is 25.9 Å². The summed E-state index contributed by atoms with van der Waals surface area (Å²) in [5.74, 6) is 0.333. The fraction of sp³-hybridized carbons (Fsp3) is 0.625. The van der Waals surface area contributed by atoms with Crippen LogP contribution in [0.5, 0.6) is 0 Å². The second-order valence-electron chi connectivity index (χ2n) is 3.15. The van der Waals surface area contributed by atoms with Gasteiger partial charge in [0.1, 0.15) is 0 Å². The molecule has 2 heterocycles. The van der Waals surface area contributed by atoms with E-state index in [9.17, 15) is 0 Å². The molecule has 1 aliphatic heterocycles. The van der Waals surface area contributed by atoms with Crippen LogP contribution in [-0.2, 0) is 9.47 Å². The summed E-state index contributed by atoms with van der Waals surface area (Å²) in [5, 5.41) is 3.08. The quantitative estimate of drug-likeness (QED) is 0.879. The molecule has 8 heteroatoms. The summed E-state index contributed by atoms with van der Waals surface area (Å²) in [6.45, 7) is 2.33. The maximum atomic E-state index is 5.63. The third-order valence-electron chi connectivity index (χ3n) is 1.95. The van der Waals surface area contributed by atoms with Gasteiger partial charge in [-0.05, 0) is 23.2 Å². The van der Waals surface area contributed by atoms with Crippen molar-refractivity contribution in [1.29, 1.82) is 0 Å². The molecule has 88 valence electrons. The molecule has 0 amide bonds. The van der Waals surface area contributed by atoms with Crippen molar-refractivity contribution in [3.05, 3.63) is 10.6 Å². The van der Waals surface area contributed by atoms with E-state index in [0.29, 0.717) is 32.3 Å². The van der Waals surface area contributed by atoms with Gasteiger partial charge in [0, 0.05) is 6.54 Å². The van der Waals surface area contributed by atoms with Gasteiger partial charge >= 0.3 is 0 Å². The summed E-state index contributed by atoms with van der Waals surface area (Å²) < 4.78 is 10.7. The second kappa shape index (κ2) is 5.58. The minimum Gasteiger partial charge on any atom is -0.376 e. The van der Waals surface area contributed by atoms with Crippen molar-refractivity contribution in [3.63, 3.8) is 0 Å². The Balaban J connectivity index is 1.88. The summed E-state index contributed by atoms with van der Waals surface area (Å²) in [4.78, 5) is 11.4. The Morgan fingerprint density at radius 1 is 1.19 bits per heavy atom. The molecule has 16 heavy (non-hydrogen) atoms. The highest BCUT2D eigenvalue weighted by atomic mass is 35.5. The van der Waals surface area contributed by atoms with Crippen LogP contribution in [0, 0.1) is 0 Å². The zero-order valence-electron chi connectivity index (χ0n) is 8.32. The summed E-state index contributed by atoms with van der Waals surface area (Å²) >= 11 is 11.3. The van der Waals surface area contributed by atoms with Crippen LogP contribution < -0.4 is 5.32 Å². The lowest BCUT2D eigenvalue weighted by Gasteiger charge is -2.22. The summed E-state index contributed by atoms with van der Waals surface area (Å²) in [7, 11) is 0. The Kier molecular flexibility index (Phi) is 4.11. The smallest absolute Gasteiger partial charge is 0.228 e. The molecule has 1 aromatic rings. The lowest BCUT2D eigenvalue weighted by Crippen LogP contribution is -2.34. The van der Waals surface area contributed by atoms with Crippen LogP contribution in [0.1, 0.15) is 0 Å². The lowest BCUT2D eigenvalue weighted by atomic mass is 10.3. The van der Waals surface area contributed by atoms with Crippen LogP contribution >= 0.6 is 23.2 Å². The zero-order chi connectivity index (χ0) is 11.4. The molecule has 6 nitrogen and oxygen atoms in total. The first-order chi connectivity index (χ1) is 7.74. The second-order valence-corrected chi connectivity index (χ2v) is 3.82. The highest BCUT2D eigenvalue weighted by Crippen LogP contribution is 2.10. The lowest BCUT2D eigenvalue weighted by molar-refractivity contribution is -0.0819. The van der Waals surface area contributed by atoms with Gasteiger partial charge in [-0.1, -0.05) is 0 Å². The molecule has 1 N–H and O–H groups in total. The molecule has 2 rings (SSSR count). The van der Waals surface area contributed by atoms with Crippen molar-refractivity contribution in [1.82, 2.24) is 15.0 Å². The highest BCUT2D eigenvalue weighted by molar-refractivity contribution is 6.31. The Morgan fingerprint density at radius 2 is 1.94 bits per heavy atom. The number of rotatable bonds is 3. The van der Waals surface area contributed by atoms with E-state index in [1.165, 1.54) is 0 Å². The minimum atomic E-state index is -0.0110. The van der Waals surface area contributed by atoms with Gasteiger partial charge in [-0.15, -0.1) is 0 Å². The highest BCUT2D eigenvalue weighted by Gasteiger charge is 2.14. The SMILES string of the molecule is Clc1nc(Cl)nc(NCC2COCCO2)n1. The topological polar surface area (TPSA) is 69.2 Å². The summed E-state index contributed by atoms with van der Waals surface area (Å²) in [6.07, 6.45) is -0.0110. The number of hydrogen-bond acceptors (Lipinski definition) is 6. The first-order valence-corrected chi connectivity index (χ1v) is 5.50. The van der Waals surface area contributed by atoms with E-state index >= 15 is 0 Å². The average Bonchev–Trinajstić information content (AvgIpc) is 2.27. The van der Waals surface area contributed by atoms with Crippen molar-refractivity contribution in [2.45, 2.75) is 6.10 Å². The van der Waals surface area contributed by atoms with Crippen LogP contribution in [0.2, 0.25) is 10.6 Å². The van der Waals surface area contributed by atoms with Crippen molar-refractivity contribution in [3.8, 4) is 0 Å². The number of nitrogens with zero attached hydrogens (tertiary/aromatic N) is 3. The molecular weight excluding hydrogens is 255 g/mol. The number of nitrogens with one attached hydrogen (secondary N) is 1. The van der Waals surface area contributed by atoms with E-state index < -0.39 is 0 Å². The van der Waals surface area contributed by atoms with Gasteiger partial charge in [0.15, 0.2) is 0 Å². The Labute approximate surface area is 102 Å². The van der Waals surface area contributed by atoms with E-state index in [1.54, 1.807) is 0 Å². The first kappa shape index (κ1) is 11.8. The number of ether oxygens (including phenoxy) is 2. The van der Waals surface area contributed by atoms with Crippen LogP contribution in [0.3, 0.4) is 0 Å². The van der Waals surface area contributed by atoms with E-state index in [2.05, 4.69) is 20.3 Å². The summed E-state index contributed by atoms with van der Waals surface area (Å²) in [5.41, 5.74) is 0. The molecule has 1 aromatic heterocycles. The van der Waals surface area contributed by atoms with Crippen molar-refractivity contribution >= 4 is 29.2 Å². The van der Waals surface area contributed by atoms with Crippen LogP contribution in [-0.4, -0.2) is 47.4 Å². The Hall–Kier alpha value is -0.690. The molecule has 1 atom stereocenters. The Morgan fingerprint density at radius 3 is 2.56 bits per heavy atom. The van der Waals surface area contributed by atoms with Crippen LogP contribution in [0.15, 0.2) is 0 Å². The molecule has 1 fully saturated rings. The predicted molar refractivity (Wildman–Crippen MR) is 58.9 cm³/mol. The van der Waals surface area contributed by atoms with Crippen molar-refractivity contribution < 1.29 is 9.47 Å². The molecule has 0 saturated carbocycles. The monoisotopic (exact) mass is 264 g/mol. The third-order valence-corrected chi connectivity index (χ3v) is 2.29. The normalized spacial score (nSPS) is 20.8. The van der Waals surface area contributed by atoms with Crippen molar-refractivity contribution in [2.75, 3.05) is 31.7 Å². The van der Waals surface area contributed by atoms with Gasteiger partial charge in [0.2, 0.25) is 16.5 Å². The fourth-order valence-corrected chi connectivity index (χ4v) is 1.63. The predicted octanol–water partition coefficient (Wildman–Crippen LogP) is 1.01. The van der Waals surface area contributed by atoms with Gasteiger partial charge in [-0.2, -0.15) is 15.0 Å². The van der Waals surface area contributed by atoms with E-state index in [-0.39, 0.29) is 16.7 Å². The number of hydrogen-bond donors (Lipinski definition) is 1. The molecule has 1 saturated heterocycles. The Bertz CT molecular complexity index is 340. The molecule has 0 spiro atoms. The molecular formula is C8H10Cl2N4O2. The van der Waals surface area contributed by atoms with Crippen LogP contribution in [0.4, 0.5) is 5.95 Å². The molecule has 0 bridgehead atoms. The molecule has 1 aliphatic rings. The molecule has 0 aromatic carbocycles. The maximum absolute atomic E-state index is 5.63. The molecule has 0 radical (unpaired) electrons. The zero-order valence-corrected chi connectivity index (χ0v) is 9.83. The molecule has 0 aliphatic carbocycles.